The van der Waals surface area contributed by atoms with Crippen LogP contribution in [0.25, 0.3) is 11.3 Å². The minimum Gasteiger partial charge on any atom is -0.321 e. The SMILES string of the molecule is CC(C)[C@H](N)C(=O)Cc1nc(-c2ccccc2)cs1. The van der Waals surface area contributed by atoms with Crippen LogP contribution in [0.15, 0.2) is 35.7 Å². The highest BCUT2D eigenvalue weighted by molar-refractivity contribution is 7.10. The van der Waals surface area contributed by atoms with Crippen molar-refractivity contribution < 1.29 is 4.79 Å². The van der Waals surface area contributed by atoms with Crippen LogP contribution in [0.3, 0.4) is 0 Å². The van der Waals surface area contributed by atoms with Gasteiger partial charge in [0.05, 0.1) is 18.2 Å². The normalized spacial score (nSPS) is 12.6. The molecule has 0 spiro atoms. The van der Waals surface area contributed by atoms with Gasteiger partial charge in [-0.2, -0.15) is 0 Å². The van der Waals surface area contributed by atoms with Gasteiger partial charge in [0.15, 0.2) is 5.78 Å². The molecular weight excluding hydrogens is 256 g/mol. The molecule has 1 atom stereocenters. The Morgan fingerprint density at radius 1 is 1.32 bits per heavy atom. The molecule has 0 aliphatic heterocycles. The monoisotopic (exact) mass is 274 g/mol. The summed E-state index contributed by atoms with van der Waals surface area (Å²) in [6.07, 6.45) is 0.330. The molecule has 0 saturated heterocycles. The van der Waals surface area contributed by atoms with Gasteiger partial charge in [-0.15, -0.1) is 11.3 Å². The van der Waals surface area contributed by atoms with E-state index in [-0.39, 0.29) is 11.7 Å². The Morgan fingerprint density at radius 2 is 2.00 bits per heavy atom. The van der Waals surface area contributed by atoms with Crippen molar-refractivity contribution in [3.63, 3.8) is 0 Å². The number of aromatic nitrogens is 1. The van der Waals surface area contributed by atoms with Gasteiger partial charge < -0.3 is 5.73 Å². The first-order valence-corrected chi connectivity index (χ1v) is 7.24. The summed E-state index contributed by atoms with van der Waals surface area (Å²) in [7, 11) is 0. The van der Waals surface area contributed by atoms with Crippen molar-refractivity contribution in [1.29, 1.82) is 0 Å². The van der Waals surface area contributed by atoms with Crippen LogP contribution in [0.2, 0.25) is 0 Å². The van der Waals surface area contributed by atoms with Crippen molar-refractivity contribution >= 4 is 17.1 Å². The number of hydrogen-bond donors (Lipinski definition) is 1. The minimum atomic E-state index is -0.399. The second-order valence-electron chi connectivity index (χ2n) is 4.91. The summed E-state index contributed by atoms with van der Waals surface area (Å²) in [6.45, 7) is 3.92. The first-order chi connectivity index (χ1) is 9.08. The van der Waals surface area contributed by atoms with Crippen LogP contribution in [0.4, 0.5) is 0 Å². The van der Waals surface area contributed by atoms with Gasteiger partial charge in [-0.3, -0.25) is 4.79 Å². The third kappa shape index (κ3) is 3.49. The van der Waals surface area contributed by atoms with E-state index >= 15 is 0 Å². The Labute approximate surface area is 117 Å². The number of nitrogens with two attached hydrogens (primary N) is 1. The van der Waals surface area contributed by atoms with E-state index in [9.17, 15) is 4.79 Å². The highest BCUT2D eigenvalue weighted by Crippen LogP contribution is 2.22. The Kier molecular flexibility index (Phi) is 4.45. The maximum Gasteiger partial charge on any atom is 0.156 e. The van der Waals surface area contributed by atoms with Gasteiger partial charge in [0.1, 0.15) is 5.01 Å². The fraction of sp³-hybridized carbons (Fsp3) is 0.333. The number of nitrogens with zero attached hydrogens (tertiary/aromatic N) is 1. The maximum absolute atomic E-state index is 11.9. The molecule has 1 heterocycles. The van der Waals surface area contributed by atoms with E-state index < -0.39 is 6.04 Å². The molecule has 0 bridgehead atoms. The predicted octanol–water partition coefficient (Wildman–Crippen LogP) is 2.91. The van der Waals surface area contributed by atoms with Crippen molar-refractivity contribution in [3.8, 4) is 11.3 Å². The van der Waals surface area contributed by atoms with Crippen molar-refractivity contribution in [3.05, 3.63) is 40.7 Å². The van der Waals surface area contributed by atoms with Gasteiger partial charge >= 0.3 is 0 Å². The highest BCUT2D eigenvalue weighted by Gasteiger charge is 2.18. The summed E-state index contributed by atoms with van der Waals surface area (Å²) in [6, 6.07) is 9.56. The Morgan fingerprint density at radius 3 is 2.63 bits per heavy atom. The summed E-state index contributed by atoms with van der Waals surface area (Å²) >= 11 is 1.51. The van der Waals surface area contributed by atoms with E-state index in [2.05, 4.69) is 4.98 Å². The van der Waals surface area contributed by atoms with Crippen LogP contribution in [0.1, 0.15) is 18.9 Å². The third-order valence-corrected chi connectivity index (χ3v) is 3.89. The van der Waals surface area contributed by atoms with Gasteiger partial charge in [-0.1, -0.05) is 44.2 Å². The van der Waals surface area contributed by atoms with Crippen LogP contribution in [-0.4, -0.2) is 16.8 Å². The van der Waals surface area contributed by atoms with Gasteiger partial charge in [-0.05, 0) is 5.92 Å². The quantitative estimate of drug-likeness (QED) is 0.912. The lowest BCUT2D eigenvalue weighted by atomic mass is 9.99. The van der Waals surface area contributed by atoms with Crippen LogP contribution < -0.4 is 5.73 Å². The molecule has 19 heavy (non-hydrogen) atoms. The molecule has 0 unspecified atom stereocenters. The zero-order valence-corrected chi connectivity index (χ0v) is 12.0. The standard InChI is InChI=1S/C15H18N2OS/c1-10(2)15(16)13(18)8-14-17-12(9-19-14)11-6-4-3-5-7-11/h3-7,9-10,15H,8,16H2,1-2H3/t15-/m0/s1. The molecule has 0 radical (unpaired) electrons. The Hall–Kier alpha value is -1.52. The zero-order valence-electron chi connectivity index (χ0n) is 11.2. The van der Waals surface area contributed by atoms with E-state index in [0.717, 1.165) is 16.3 Å². The predicted molar refractivity (Wildman–Crippen MR) is 79.1 cm³/mol. The van der Waals surface area contributed by atoms with E-state index in [1.807, 2.05) is 49.6 Å². The van der Waals surface area contributed by atoms with Crippen molar-refractivity contribution in [2.75, 3.05) is 0 Å². The van der Waals surface area contributed by atoms with Crippen molar-refractivity contribution in [1.82, 2.24) is 4.98 Å². The largest absolute Gasteiger partial charge is 0.321 e. The molecule has 0 saturated carbocycles. The zero-order chi connectivity index (χ0) is 13.8. The second kappa shape index (κ2) is 6.08. The summed E-state index contributed by atoms with van der Waals surface area (Å²) in [5.74, 6) is 0.227. The van der Waals surface area contributed by atoms with Gasteiger partial charge in [0, 0.05) is 10.9 Å². The summed E-state index contributed by atoms with van der Waals surface area (Å²) in [5, 5.41) is 2.82. The highest BCUT2D eigenvalue weighted by atomic mass is 32.1. The molecule has 0 amide bonds. The summed E-state index contributed by atoms with van der Waals surface area (Å²) in [5.41, 5.74) is 7.85. The number of rotatable bonds is 5. The molecule has 0 aliphatic carbocycles. The van der Waals surface area contributed by atoms with Gasteiger partial charge in [0.25, 0.3) is 0 Å². The van der Waals surface area contributed by atoms with Crippen molar-refractivity contribution in [2.24, 2.45) is 11.7 Å². The number of carbonyl (C=O) groups excluding carboxylic acids is 1. The number of thiazole rings is 1. The molecule has 3 nitrogen and oxygen atoms in total. The van der Waals surface area contributed by atoms with E-state index in [0.29, 0.717) is 6.42 Å². The second-order valence-corrected chi connectivity index (χ2v) is 5.85. The molecule has 1 aromatic heterocycles. The Bertz CT molecular complexity index is 548. The lowest BCUT2D eigenvalue weighted by molar-refractivity contribution is -0.120. The third-order valence-electron chi connectivity index (χ3n) is 3.04. The number of benzene rings is 1. The number of carbonyl (C=O) groups is 1. The van der Waals surface area contributed by atoms with Crippen LogP contribution in [0, 0.1) is 5.92 Å². The fourth-order valence-corrected chi connectivity index (χ4v) is 2.59. The summed E-state index contributed by atoms with van der Waals surface area (Å²) < 4.78 is 0. The maximum atomic E-state index is 11.9. The molecule has 0 fully saturated rings. The fourth-order valence-electron chi connectivity index (χ4n) is 1.77. The van der Waals surface area contributed by atoms with E-state index in [4.69, 9.17) is 5.73 Å². The number of Topliss-reactive ketones (excluding diaryl/α,β-unsaturated/α-hetero) is 1. The smallest absolute Gasteiger partial charge is 0.156 e. The first-order valence-electron chi connectivity index (χ1n) is 6.36. The first kappa shape index (κ1) is 13.9. The molecular formula is C15H18N2OS. The lowest BCUT2D eigenvalue weighted by Gasteiger charge is -2.12. The molecule has 4 heteroatoms. The molecule has 100 valence electrons. The lowest BCUT2D eigenvalue weighted by Crippen LogP contribution is -2.36. The minimum absolute atomic E-state index is 0.0592. The van der Waals surface area contributed by atoms with E-state index in [1.165, 1.54) is 11.3 Å². The molecule has 0 aliphatic rings. The molecule has 2 N–H and O–H groups in total. The average Bonchev–Trinajstić information content (AvgIpc) is 2.87. The average molecular weight is 274 g/mol. The van der Waals surface area contributed by atoms with Crippen molar-refractivity contribution in [2.45, 2.75) is 26.3 Å². The van der Waals surface area contributed by atoms with Gasteiger partial charge in [0.2, 0.25) is 0 Å². The molecule has 2 rings (SSSR count). The van der Waals surface area contributed by atoms with E-state index in [1.54, 1.807) is 0 Å². The Balaban J connectivity index is 2.08. The molecule has 1 aromatic carbocycles. The number of hydrogen-bond acceptors (Lipinski definition) is 4. The summed E-state index contributed by atoms with van der Waals surface area (Å²) in [4.78, 5) is 16.4. The topological polar surface area (TPSA) is 56.0 Å². The van der Waals surface area contributed by atoms with Crippen LogP contribution >= 0.6 is 11.3 Å². The van der Waals surface area contributed by atoms with Gasteiger partial charge in [-0.25, -0.2) is 4.98 Å². The van der Waals surface area contributed by atoms with Crippen LogP contribution in [0.5, 0.6) is 0 Å². The number of ketones is 1. The van der Waals surface area contributed by atoms with Crippen LogP contribution in [-0.2, 0) is 11.2 Å². The molecule has 2 aromatic rings.